The van der Waals surface area contributed by atoms with Crippen LogP contribution in [0.4, 0.5) is 0 Å². The van der Waals surface area contributed by atoms with Crippen LogP contribution in [0.15, 0.2) is 0 Å². The van der Waals surface area contributed by atoms with Gasteiger partial charge in [0.05, 0.1) is 0 Å². The summed E-state index contributed by atoms with van der Waals surface area (Å²) in [5, 5.41) is 3.15. The molecule has 1 atom stereocenters. The molecular formula is C5H14NP. The SMILES string of the molecule is CCP(C)CNC. The van der Waals surface area contributed by atoms with Crippen LogP contribution in [0.25, 0.3) is 0 Å². The van der Waals surface area contributed by atoms with Gasteiger partial charge in [-0.15, -0.1) is 0 Å². The van der Waals surface area contributed by atoms with E-state index in [0.29, 0.717) is 7.92 Å². The zero-order valence-corrected chi connectivity index (χ0v) is 6.26. The van der Waals surface area contributed by atoms with Gasteiger partial charge >= 0.3 is 0 Å². The smallest absolute Gasteiger partial charge is 0.0150 e. The molecule has 1 unspecified atom stereocenters. The largest absolute Gasteiger partial charge is 0.316 e. The van der Waals surface area contributed by atoms with Crippen molar-refractivity contribution in [1.82, 2.24) is 5.32 Å². The van der Waals surface area contributed by atoms with Crippen molar-refractivity contribution in [3.63, 3.8) is 0 Å². The van der Waals surface area contributed by atoms with E-state index in [1.807, 2.05) is 7.05 Å². The molecule has 44 valence electrons. The predicted molar refractivity (Wildman–Crippen MR) is 37.3 cm³/mol. The normalized spacial score (nSPS) is 14.1. The molecule has 0 aromatic rings. The number of nitrogens with one attached hydrogen (secondary N) is 1. The fourth-order valence-corrected chi connectivity index (χ4v) is 1.15. The molecule has 0 rings (SSSR count). The van der Waals surface area contributed by atoms with E-state index in [1.165, 1.54) is 12.4 Å². The van der Waals surface area contributed by atoms with Gasteiger partial charge in [0.15, 0.2) is 0 Å². The van der Waals surface area contributed by atoms with Crippen LogP contribution in [0, 0.1) is 0 Å². The first-order valence-electron chi connectivity index (χ1n) is 2.64. The molecule has 0 fully saturated rings. The fraction of sp³-hybridized carbons (Fsp3) is 1.00. The Bertz CT molecular complexity index is 39.1. The molecule has 0 heterocycles. The highest BCUT2D eigenvalue weighted by Gasteiger charge is 1.90. The Labute approximate surface area is 47.2 Å². The van der Waals surface area contributed by atoms with Crippen LogP contribution in [-0.4, -0.2) is 26.2 Å². The summed E-state index contributed by atoms with van der Waals surface area (Å²) in [6, 6.07) is 0. The molecular weight excluding hydrogens is 105 g/mol. The van der Waals surface area contributed by atoms with Crippen molar-refractivity contribution in [2.75, 3.05) is 26.2 Å². The Morgan fingerprint density at radius 1 is 1.57 bits per heavy atom. The molecule has 2 heteroatoms. The minimum atomic E-state index is 0.310. The van der Waals surface area contributed by atoms with E-state index in [1.54, 1.807) is 0 Å². The van der Waals surface area contributed by atoms with Gasteiger partial charge in [0.25, 0.3) is 0 Å². The first-order chi connectivity index (χ1) is 3.31. The van der Waals surface area contributed by atoms with E-state index in [0.717, 1.165) is 0 Å². The second-order valence-corrected chi connectivity index (χ2v) is 4.34. The molecule has 0 saturated heterocycles. The summed E-state index contributed by atoms with van der Waals surface area (Å²) < 4.78 is 0. The highest BCUT2D eigenvalue weighted by atomic mass is 31.1. The predicted octanol–water partition coefficient (Wildman–Crippen LogP) is 1.29. The summed E-state index contributed by atoms with van der Waals surface area (Å²) >= 11 is 0. The van der Waals surface area contributed by atoms with Crippen LogP contribution < -0.4 is 5.32 Å². The number of hydrogen-bond donors (Lipinski definition) is 1. The zero-order valence-electron chi connectivity index (χ0n) is 5.36. The summed E-state index contributed by atoms with van der Waals surface area (Å²) in [6.07, 6.45) is 2.56. The van der Waals surface area contributed by atoms with Crippen molar-refractivity contribution >= 4 is 7.92 Å². The van der Waals surface area contributed by atoms with Crippen molar-refractivity contribution in [1.29, 1.82) is 0 Å². The fourth-order valence-electron chi connectivity index (χ4n) is 0.382. The van der Waals surface area contributed by atoms with Gasteiger partial charge in [0, 0.05) is 6.29 Å². The number of rotatable bonds is 3. The summed E-state index contributed by atoms with van der Waals surface area (Å²) in [4.78, 5) is 0. The van der Waals surface area contributed by atoms with Gasteiger partial charge in [-0.2, -0.15) is 0 Å². The first-order valence-corrected chi connectivity index (χ1v) is 4.80. The lowest BCUT2D eigenvalue weighted by Gasteiger charge is -2.05. The molecule has 0 spiro atoms. The molecule has 0 radical (unpaired) electrons. The molecule has 0 saturated carbocycles. The van der Waals surface area contributed by atoms with Crippen molar-refractivity contribution in [2.24, 2.45) is 0 Å². The van der Waals surface area contributed by atoms with E-state index in [2.05, 4.69) is 18.9 Å². The van der Waals surface area contributed by atoms with Crippen LogP contribution in [0.3, 0.4) is 0 Å². The number of hydrogen-bond acceptors (Lipinski definition) is 1. The highest BCUT2D eigenvalue weighted by molar-refractivity contribution is 7.56. The van der Waals surface area contributed by atoms with Crippen LogP contribution in [-0.2, 0) is 0 Å². The lowest BCUT2D eigenvalue weighted by Crippen LogP contribution is -2.05. The minimum absolute atomic E-state index is 0.310. The van der Waals surface area contributed by atoms with Crippen LogP contribution in [0.2, 0.25) is 0 Å². The van der Waals surface area contributed by atoms with E-state index >= 15 is 0 Å². The van der Waals surface area contributed by atoms with Crippen molar-refractivity contribution in [3.05, 3.63) is 0 Å². The molecule has 1 N–H and O–H groups in total. The van der Waals surface area contributed by atoms with Crippen molar-refractivity contribution in [2.45, 2.75) is 6.92 Å². The van der Waals surface area contributed by atoms with Crippen molar-refractivity contribution in [3.8, 4) is 0 Å². The van der Waals surface area contributed by atoms with Crippen LogP contribution in [0.1, 0.15) is 6.92 Å². The monoisotopic (exact) mass is 119 g/mol. The lowest BCUT2D eigenvalue weighted by molar-refractivity contribution is 0.971. The topological polar surface area (TPSA) is 12.0 Å². The maximum Gasteiger partial charge on any atom is 0.0150 e. The zero-order chi connectivity index (χ0) is 5.70. The van der Waals surface area contributed by atoms with Gasteiger partial charge in [-0.1, -0.05) is 14.8 Å². The minimum Gasteiger partial charge on any atom is -0.316 e. The molecule has 0 aromatic carbocycles. The van der Waals surface area contributed by atoms with Gasteiger partial charge in [0.1, 0.15) is 0 Å². The maximum atomic E-state index is 3.15. The third-order valence-corrected chi connectivity index (χ3v) is 2.90. The molecule has 0 aliphatic heterocycles. The quantitative estimate of drug-likeness (QED) is 0.552. The standard InChI is InChI=1S/C5H14NP/c1-4-7(3)5-6-2/h6H,4-5H2,1-3H3. The van der Waals surface area contributed by atoms with Crippen LogP contribution >= 0.6 is 7.92 Å². The average molecular weight is 119 g/mol. The van der Waals surface area contributed by atoms with E-state index in [9.17, 15) is 0 Å². The van der Waals surface area contributed by atoms with Gasteiger partial charge in [-0.25, -0.2) is 0 Å². The maximum absolute atomic E-state index is 3.15. The summed E-state index contributed by atoms with van der Waals surface area (Å²) in [7, 11) is 2.32. The van der Waals surface area contributed by atoms with Gasteiger partial charge in [0.2, 0.25) is 0 Å². The van der Waals surface area contributed by atoms with Gasteiger partial charge < -0.3 is 5.32 Å². The van der Waals surface area contributed by atoms with Gasteiger partial charge in [-0.3, -0.25) is 0 Å². The Kier molecular flexibility index (Phi) is 4.80. The van der Waals surface area contributed by atoms with Crippen LogP contribution in [0.5, 0.6) is 0 Å². The lowest BCUT2D eigenvalue weighted by atomic mass is 11.0. The molecule has 1 nitrogen and oxygen atoms in total. The Morgan fingerprint density at radius 3 is 2.29 bits per heavy atom. The summed E-state index contributed by atoms with van der Waals surface area (Å²) in [6.45, 7) is 4.55. The van der Waals surface area contributed by atoms with E-state index in [4.69, 9.17) is 0 Å². The summed E-state index contributed by atoms with van der Waals surface area (Å²) in [5.74, 6) is 0. The second kappa shape index (κ2) is 4.55. The third kappa shape index (κ3) is 4.24. The van der Waals surface area contributed by atoms with E-state index < -0.39 is 0 Å². The Balaban J connectivity index is 2.83. The third-order valence-electron chi connectivity index (χ3n) is 0.968. The second-order valence-electron chi connectivity index (χ2n) is 1.68. The first kappa shape index (κ1) is 7.39. The molecule has 0 amide bonds. The highest BCUT2D eigenvalue weighted by Crippen LogP contribution is 2.26. The molecule has 7 heavy (non-hydrogen) atoms. The molecule has 0 bridgehead atoms. The van der Waals surface area contributed by atoms with Gasteiger partial charge in [-0.05, 0) is 19.9 Å². The molecule has 0 aliphatic rings. The summed E-state index contributed by atoms with van der Waals surface area (Å²) in [5.41, 5.74) is 0. The molecule has 0 aliphatic carbocycles. The Hall–Kier alpha value is 0.390. The molecule has 0 aromatic heterocycles. The van der Waals surface area contributed by atoms with E-state index in [-0.39, 0.29) is 0 Å². The Morgan fingerprint density at radius 2 is 2.14 bits per heavy atom. The average Bonchev–Trinajstić information content (AvgIpc) is 1.68. The van der Waals surface area contributed by atoms with Crippen molar-refractivity contribution < 1.29 is 0 Å².